The van der Waals surface area contributed by atoms with Crippen LogP contribution in [0.25, 0.3) is 10.4 Å². The molecule has 0 aliphatic heterocycles. The van der Waals surface area contributed by atoms with Crippen LogP contribution in [-0.2, 0) is 28.5 Å². The van der Waals surface area contributed by atoms with Gasteiger partial charge in [-0.2, -0.15) is 0 Å². The van der Waals surface area contributed by atoms with Gasteiger partial charge in [-0.05, 0) is 26.3 Å². The summed E-state index contributed by atoms with van der Waals surface area (Å²) in [5.74, 6) is -1.53. The van der Waals surface area contributed by atoms with Gasteiger partial charge in [-0.1, -0.05) is 5.11 Å². The fourth-order valence-electron chi connectivity index (χ4n) is 1.66. The van der Waals surface area contributed by atoms with Gasteiger partial charge in [0, 0.05) is 17.9 Å². The van der Waals surface area contributed by atoms with E-state index in [0.29, 0.717) is 0 Å². The Labute approximate surface area is 145 Å². The minimum Gasteiger partial charge on any atom is -0.467 e. The van der Waals surface area contributed by atoms with Crippen molar-refractivity contribution >= 4 is 18.0 Å². The van der Waals surface area contributed by atoms with Crippen LogP contribution >= 0.6 is 0 Å². The molecule has 0 aliphatic carbocycles. The van der Waals surface area contributed by atoms with Crippen molar-refractivity contribution < 1.29 is 33.3 Å². The van der Waals surface area contributed by atoms with E-state index in [1.54, 1.807) is 20.8 Å². The van der Waals surface area contributed by atoms with E-state index >= 15 is 0 Å². The molecule has 0 saturated carbocycles. The van der Waals surface area contributed by atoms with Crippen molar-refractivity contribution in [3.8, 4) is 0 Å². The topological polar surface area (TPSA) is 149 Å². The summed E-state index contributed by atoms with van der Waals surface area (Å²) in [5.41, 5.74) is 7.45. The Kier molecular flexibility index (Phi) is 9.99. The molecule has 11 nitrogen and oxygen atoms in total. The number of carbonyl (C=O) groups is 3. The largest absolute Gasteiger partial charge is 0.467 e. The second-order valence-electron chi connectivity index (χ2n) is 5.79. The first kappa shape index (κ1) is 22.5. The Balaban J connectivity index is 5.01. The standard InChI is InChI=1S/C14H24N4O7/c1-14(2,3)25-13(21)17-9(11(19)22-4)8-10(12(20)23-5)24-7-6-16-18-15/h9-10H,6-8H2,1-5H3,(H,17,21)/t9-,10-/m0/s1. The summed E-state index contributed by atoms with van der Waals surface area (Å²) in [7, 11) is 2.29. The molecule has 11 heteroatoms. The van der Waals surface area contributed by atoms with Gasteiger partial charge in [0.15, 0.2) is 6.10 Å². The number of rotatable bonds is 9. The highest BCUT2D eigenvalue weighted by Crippen LogP contribution is 2.10. The van der Waals surface area contributed by atoms with Crippen molar-refractivity contribution in [3.05, 3.63) is 10.4 Å². The normalized spacial score (nSPS) is 13.0. The Morgan fingerprint density at radius 3 is 2.24 bits per heavy atom. The lowest BCUT2D eigenvalue weighted by Crippen LogP contribution is -2.47. The fraction of sp³-hybridized carbons (Fsp3) is 0.786. The second kappa shape index (κ2) is 11.1. The maximum absolute atomic E-state index is 11.9. The molecule has 0 aromatic rings. The SMILES string of the molecule is COC(=O)[C@H](C[C@H](OCCN=[N+]=[N-])C(=O)OC)NC(=O)OC(C)(C)C. The Bertz CT molecular complexity index is 512. The molecule has 0 aromatic heterocycles. The molecule has 0 bridgehead atoms. The van der Waals surface area contributed by atoms with Crippen molar-refractivity contribution in [2.24, 2.45) is 5.11 Å². The maximum Gasteiger partial charge on any atom is 0.408 e. The number of carbonyl (C=O) groups excluding carboxylic acids is 3. The number of hydrogen-bond acceptors (Lipinski definition) is 8. The third kappa shape index (κ3) is 10.0. The number of azide groups is 1. The lowest BCUT2D eigenvalue weighted by atomic mass is 10.1. The zero-order chi connectivity index (χ0) is 19.5. The van der Waals surface area contributed by atoms with Gasteiger partial charge in [0.05, 0.1) is 20.8 Å². The maximum atomic E-state index is 11.9. The number of esters is 2. The van der Waals surface area contributed by atoms with Crippen LogP contribution in [0.2, 0.25) is 0 Å². The predicted octanol–water partition coefficient (Wildman–Crippen LogP) is 1.31. The molecule has 0 unspecified atom stereocenters. The first-order valence-corrected chi connectivity index (χ1v) is 7.42. The Morgan fingerprint density at radius 1 is 1.16 bits per heavy atom. The fourth-order valence-corrected chi connectivity index (χ4v) is 1.66. The van der Waals surface area contributed by atoms with Gasteiger partial charge < -0.3 is 24.3 Å². The van der Waals surface area contributed by atoms with Crippen molar-refractivity contribution in [2.45, 2.75) is 44.9 Å². The molecule has 0 aliphatic rings. The van der Waals surface area contributed by atoms with Gasteiger partial charge in [0.1, 0.15) is 11.6 Å². The number of nitrogens with zero attached hydrogens (tertiary/aromatic N) is 3. The van der Waals surface area contributed by atoms with E-state index in [9.17, 15) is 14.4 Å². The molecule has 0 rings (SSSR count). The summed E-state index contributed by atoms with van der Waals surface area (Å²) in [6.45, 7) is 4.91. The van der Waals surface area contributed by atoms with Crippen LogP contribution in [-0.4, -0.2) is 63.1 Å². The smallest absolute Gasteiger partial charge is 0.408 e. The highest BCUT2D eigenvalue weighted by Gasteiger charge is 2.31. The number of amides is 1. The lowest BCUT2D eigenvalue weighted by Gasteiger charge is -2.24. The molecule has 0 spiro atoms. The van der Waals surface area contributed by atoms with Gasteiger partial charge in [-0.25, -0.2) is 14.4 Å². The molecule has 0 radical (unpaired) electrons. The molecule has 0 fully saturated rings. The van der Waals surface area contributed by atoms with E-state index in [1.165, 1.54) is 0 Å². The second-order valence-corrected chi connectivity index (χ2v) is 5.79. The first-order chi connectivity index (χ1) is 11.6. The van der Waals surface area contributed by atoms with Crippen LogP contribution in [0.5, 0.6) is 0 Å². The molecule has 1 N–H and O–H groups in total. The van der Waals surface area contributed by atoms with E-state index in [2.05, 4.69) is 24.8 Å². The van der Waals surface area contributed by atoms with E-state index in [-0.39, 0.29) is 19.6 Å². The molecule has 0 heterocycles. The number of ether oxygens (including phenoxy) is 4. The quantitative estimate of drug-likeness (QED) is 0.163. The molecule has 2 atom stereocenters. The van der Waals surface area contributed by atoms with Crippen LogP contribution in [0.3, 0.4) is 0 Å². The van der Waals surface area contributed by atoms with Crippen LogP contribution in [0.1, 0.15) is 27.2 Å². The lowest BCUT2D eigenvalue weighted by molar-refractivity contribution is -0.156. The molecular formula is C14H24N4O7. The predicted molar refractivity (Wildman–Crippen MR) is 85.6 cm³/mol. The van der Waals surface area contributed by atoms with E-state index in [4.69, 9.17) is 15.0 Å². The summed E-state index contributed by atoms with van der Waals surface area (Å²) in [6, 6.07) is -1.19. The van der Waals surface area contributed by atoms with Crippen LogP contribution in [0.15, 0.2) is 5.11 Å². The highest BCUT2D eigenvalue weighted by atomic mass is 16.6. The van der Waals surface area contributed by atoms with Crippen LogP contribution < -0.4 is 5.32 Å². The molecular weight excluding hydrogens is 336 g/mol. The van der Waals surface area contributed by atoms with Crippen molar-refractivity contribution in [2.75, 3.05) is 27.4 Å². The van der Waals surface area contributed by atoms with Crippen molar-refractivity contribution in [1.29, 1.82) is 0 Å². The van der Waals surface area contributed by atoms with E-state index in [1.807, 2.05) is 0 Å². The number of nitrogens with one attached hydrogen (secondary N) is 1. The van der Waals surface area contributed by atoms with Gasteiger partial charge in [0.2, 0.25) is 0 Å². The number of alkyl carbamates (subject to hydrolysis) is 1. The molecule has 25 heavy (non-hydrogen) atoms. The van der Waals surface area contributed by atoms with Crippen LogP contribution in [0, 0.1) is 0 Å². The molecule has 142 valence electrons. The molecule has 1 amide bonds. The van der Waals surface area contributed by atoms with Gasteiger partial charge in [0.25, 0.3) is 0 Å². The van der Waals surface area contributed by atoms with Crippen molar-refractivity contribution in [3.63, 3.8) is 0 Å². The average Bonchev–Trinajstić information content (AvgIpc) is 2.53. The minimum atomic E-state index is -1.19. The summed E-state index contributed by atoms with van der Waals surface area (Å²) >= 11 is 0. The summed E-state index contributed by atoms with van der Waals surface area (Å²) in [6.07, 6.45) is -2.26. The summed E-state index contributed by atoms with van der Waals surface area (Å²) in [4.78, 5) is 38.1. The van der Waals surface area contributed by atoms with Crippen molar-refractivity contribution in [1.82, 2.24) is 5.32 Å². The van der Waals surface area contributed by atoms with Gasteiger partial charge in [-0.3, -0.25) is 0 Å². The molecule has 0 aromatic carbocycles. The van der Waals surface area contributed by atoms with E-state index < -0.39 is 35.8 Å². The van der Waals surface area contributed by atoms with E-state index in [0.717, 1.165) is 14.2 Å². The number of hydrogen-bond donors (Lipinski definition) is 1. The van der Waals surface area contributed by atoms with Gasteiger partial charge in [-0.15, -0.1) is 0 Å². The zero-order valence-electron chi connectivity index (χ0n) is 15.0. The minimum absolute atomic E-state index is 0.00756. The Hall–Kier alpha value is -2.52. The molecule has 0 saturated heterocycles. The monoisotopic (exact) mass is 360 g/mol. The first-order valence-electron chi connectivity index (χ1n) is 7.42. The highest BCUT2D eigenvalue weighted by molar-refractivity contribution is 5.83. The van der Waals surface area contributed by atoms with Gasteiger partial charge >= 0.3 is 18.0 Å². The number of methoxy groups -OCH3 is 2. The van der Waals surface area contributed by atoms with Crippen LogP contribution in [0.4, 0.5) is 4.79 Å². The third-order valence-corrected chi connectivity index (χ3v) is 2.66. The average molecular weight is 360 g/mol. The summed E-state index contributed by atoms with van der Waals surface area (Å²) in [5, 5.41) is 5.60. The summed E-state index contributed by atoms with van der Waals surface area (Å²) < 4.78 is 19.6. The third-order valence-electron chi connectivity index (χ3n) is 2.66. The zero-order valence-corrected chi connectivity index (χ0v) is 15.0. The Morgan fingerprint density at radius 2 is 1.76 bits per heavy atom.